The van der Waals surface area contributed by atoms with Gasteiger partial charge in [-0.1, -0.05) is 0 Å². The Hall–Kier alpha value is -2.04. The molecule has 0 saturated heterocycles. The highest BCUT2D eigenvalue weighted by molar-refractivity contribution is 7.84. The molecule has 5 nitrogen and oxygen atoms in total. The summed E-state index contributed by atoms with van der Waals surface area (Å²) in [5.41, 5.74) is -1.41. The van der Waals surface area contributed by atoms with Crippen LogP contribution in [-0.2, 0) is 29.8 Å². The van der Waals surface area contributed by atoms with Crippen LogP contribution in [0.1, 0.15) is 16.8 Å². The fraction of sp³-hybridized carbons (Fsp3) is 0.385. The zero-order valence-electron chi connectivity index (χ0n) is 12.5. The van der Waals surface area contributed by atoms with Crippen molar-refractivity contribution in [1.29, 1.82) is 0 Å². The average molecular weight is 369 g/mol. The maximum atomic E-state index is 13.1. The number of hydrogen-bond donors (Lipinski definition) is 0. The number of halogens is 5. The van der Waals surface area contributed by atoms with Crippen LogP contribution in [-0.4, -0.2) is 25.6 Å². The maximum absolute atomic E-state index is 13.1. The zero-order chi connectivity index (χ0) is 18.1. The number of pyridine rings is 1. The fourth-order valence-electron chi connectivity index (χ4n) is 1.98. The standard InChI is InChI=1S/C13H12F5N3O2S/c1-7-3-4-19-9(5-7)24(22)6-8-10(13(16,17)18)20-21(2)11(8)23-12(14)15/h3-5,12H,6H2,1-2H3. The van der Waals surface area contributed by atoms with Gasteiger partial charge in [0.15, 0.2) is 5.69 Å². The molecule has 0 aromatic carbocycles. The molecule has 0 radical (unpaired) electrons. The minimum absolute atomic E-state index is 0.0370. The molecule has 2 rings (SSSR count). The van der Waals surface area contributed by atoms with Gasteiger partial charge < -0.3 is 4.74 Å². The van der Waals surface area contributed by atoms with Crippen LogP contribution in [0.5, 0.6) is 5.88 Å². The largest absolute Gasteiger partial charge is 0.435 e. The van der Waals surface area contributed by atoms with Gasteiger partial charge in [0.25, 0.3) is 0 Å². The Kier molecular flexibility index (Phi) is 5.21. The summed E-state index contributed by atoms with van der Waals surface area (Å²) in [4.78, 5) is 3.83. The van der Waals surface area contributed by atoms with Crippen LogP contribution in [0.3, 0.4) is 0 Å². The highest BCUT2D eigenvalue weighted by Gasteiger charge is 2.40. The zero-order valence-corrected chi connectivity index (χ0v) is 13.3. The Bertz CT molecular complexity index is 761. The van der Waals surface area contributed by atoms with E-state index in [4.69, 9.17) is 0 Å². The summed E-state index contributed by atoms with van der Waals surface area (Å²) in [7, 11) is -0.959. The molecule has 0 aliphatic heterocycles. The van der Waals surface area contributed by atoms with Crippen molar-refractivity contribution in [3.05, 3.63) is 35.2 Å². The van der Waals surface area contributed by atoms with Crippen molar-refractivity contribution in [3.63, 3.8) is 0 Å². The van der Waals surface area contributed by atoms with Gasteiger partial charge in [0.05, 0.1) is 22.1 Å². The third-order valence-electron chi connectivity index (χ3n) is 2.96. The quantitative estimate of drug-likeness (QED) is 0.761. The van der Waals surface area contributed by atoms with E-state index in [9.17, 15) is 26.2 Å². The molecule has 2 heterocycles. The molecular formula is C13H12F5N3O2S. The molecule has 132 valence electrons. The van der Waals surface area contributed by atoms with E-state index in [0.29, 0.717) is 10.2 Å². The molecule has 0 aliphatic carbocycles. The van der Waals surface area contributed by atoms with E-state index in [1.807, 2.05) is 0 Å². The summed E-state index contributed by atoms with van der Waals surface area (Å²) in [6, 6.07) is 3.06. The van der Waals surface area contributed by atoms with Crippen LogP contribution in [0.2, 0.25) is 0 Å². The van der Waals surface area contributed by atoms with Crippen molar-refractivity contribution in [2.45, 2.75) is 30.5 Å². The van der Waals surface area contributed by atoms with Gasteiger partial charge in [-0.15, -0.1) is 0 Å². The molecule has 2 aromatic heterocycles. The summed E-state index contributed by atoms with van der Waals surface area (Å²) < 4.78 is 81.1. The van der Waals surface area contributed by atoms with Crippen molar-refractivity contribution in [2.75, 3.05) is 0 Å². The monoisotopic (exact) mass is 369 g/mol. The first-order chi connectivity index (χ1) is 11.1. The lowest BCUT2D eigenvalue weighted by Gasteiger charge is -2.09. The van der Waals surface area contributed by atoms with Gasteiger partial charge in [-0.2, -0.15) is 27.1 Å². The smallest absolute Gasteiger partial charge is 0.417 e. The summed E-state index contributed by atoms with van der Waals surface area (Å²) >= 11 is 0. The van der Waals surface area contributed by atoms with Crippen LogP contribution < -0.4 is 4.74 Å². The van der Waals surface area contributed by atoms with Crippen molar-refractivity contribution < 1.29 is 30.9 Å². The Morgan fingerprint density at radius 2 is 2.04 bits per heavy atom. The van der Waals surface area contributed by atoms with Crippen molar-refractivity contribution in [1.82, 2.24) is 14.8 Å². The lowest BCUT2D eigenvalue weighted by atomic mass is 10.2. The Morgan fingerprint density at radius 3 is 2.58 bits per heavy atom. The second kappa shape index (κ2) is 6.83. The maximum Gasteiger partial charge on any atom is 0.435 e. The minimum Gasteiger partial charge on any atom is -0.417 e. The molecule has 0 aliphatic rings. The number of ether oxygens (including phenoxy) is 1. The SMILES string of the molecule is Cc1ccnc(S(=O)Cc2c(C(F)(F)F)nn(C)c2OC(F)F)c1. The highest BCUT2D eigenvalue weighted by Crippen LogP contribution is 2.37. The predicted molar refractivity (Wildman–Crippen MR) is 73.9 cm³/mol. The molecule has 2 aromatic rings. The molecule has 0 bridgehead atoms. The molecular weight excluding hydrogens is 357 g/mol. The highest BCUT2D eigenvalue weighted by atomic mass is 32.2. The van der Waals surface area contributed by atoms with E-state index in [1.165, 1.54) is 12.3 Å². The van der Waals surface area contributed by atoms with E-state index in [0.717, 1.165) is 7.05 Å². The summed E-state index contributed by atoms with van der Waals surface area (Å²) in [6.45, 7) is -1.65. The number of nitrogens with zero attached hydrogens (tertiary/aromatic N) is 3. The Balaban J connectivity index is 2.45. The summed E-state index contributed by atoms with van der Waals surface area (Å²) in [5.74, 6) is -1.49. The van der Waals surface area contributed by atoms with Gasteiger partial charge >= 0.3 is 12.8 Å². The normalized spacial score (nSPS) is 13.3. The van der Waals surface area contributed by atoms with Crippen molar-refractivity contribution in [3.8, 4) is 5.88 Å². The van der Waals surface area contributed by atoms with Gasteiger partial charge in [-0.25, -0.2) is 9.67 Å². The van der Waals surface area contributed by atoms with Gasteiger partial charge in [0.2, 0.25) is 5.88 Å². The Morgan fingerprint density at radius 1 is 1.38 bits per heavy atom. The first kappa shape index (κ1) is 18.3. The second-order valence-electron chi connectivity index (χ2n) is 4.79. The number of alkyl halides is 5. The molecule has 0 N–H and O–H groups in total. The first-order valence-electron chi connectivity index (χ1n) is 6.48. The van der Waals surface area contributed by atoms with Gasteiger partial charge in [-0.05, 0) is 24.6 Å². The second-order valence-corrected chi connectivity index (χ2v) is 6.19. The number of hydrogen-bond acceptors (Lipinski definition) is 4. The van der Waals surface area contributed by atoms with Crippen LogP contribution in [0.4, 0.5) is 22.0 Å². The van der Waals surface area contributed by atoms with Gasteiger partial charge in [0.1, 0.15) is 5.03 Å². The molecule has 1 unspecified atom stereocenters. The summed E-state index contributed by atoms with van der Waals surface area (Å²) in [5, 5.41) is 3.21. The molecule has 0 saturated carbocycles. The van der Waals surface area contributed by atoms with Gasteiger partial charge in [-0.3, -0.25) is 4.21 Å². The minimum atomic E-state index is -4.90. The molecule has 24 heavy (non-hydrogen) atoms. The topological polar surface area (TPSA) is 57.0 Å². The number of rotatable bonds is 5. The van der Waals surface area contributed by atoms with Crippen molar-refractivity contribution >= 4 is 10.8 Å². The molecule has 0 fully saturated rings. The van der Waals surface area contributed by atoms with E-state index in [-0.39, 0.29) is 5.03 Å². The molecule has 0 spiro atoms. The lowest BCUT2D eigenvalue weighted by molar-refractivity contribution is -0.142. The van der Waals surface area contributed by atoms with E-state index < -0.39 is 46.5 Å². The molecule has 1 atom stereocenters. The predicted octanol–water partition coefficient (Wildman–Crippen LogP) is 3.05. The summed E-state index contributed by atoms with van der Waals surface area (Å²) in [6.07, 6.45) is -3.55. The van der Waals surface area contributed by atoms with E-state index in [1.54, 1.807) is 13.0 Å². The fourth-order valence-corrected chi connectivity index (χ4v) is 3.15. The van der Waals surface area contributed by atoms with E-state index >= 15 is 0 Å². The van der Waals surface area contributed by atoms with Crippen LogP contribution >= 0.6 is 0 Å². The number of aryl methyl sites for hydroxylation is 2. The van der Waals surface area contributed by atoms with Crippen LogP contribution in [0.15, 0.2) is 23.4 Å². The average Bonchev–Trinajstić information content (AvgIpc) is 2.75. The third kappa shape index (κ3) is 4.08. The van der Waals surface area contributed by atoms with Gasteiger partial charge in [0, 0.05) is 13.2 Å². The van der Waals surface area contributed by atoms with Crippen LogP contribution in [0.25, 0.3) is 0 Å². The van der Waals surface area contributed by atoms with Crippen molar-refractivity contribution in [2.24, 2.45) is 7.05 Å². The van der Waals surface area contributed by atoms with E-state index in [2.05, 4.69) is 14.8 Å². The third-order valence-corrected chi connectivity index (χ3v) is 4.20. The lowest BCUT2D eigenvalue weighted by Crippen LogP contribution is -2.12. The molecule has 0 amide bonds. The Labute approximate surface area is 135 Å². The molecule has 11 heteroatoms. The number of aromatic nitrogens is 3. The van der Waals surface area contributed by atoms with Crippen LogP contribution in [0, 0.1) is 6.92 Å². The first-order valence-corrected chi connectivity index (χ1v) is 7.80.